The zero-order chi connectivity index (χ0) is 53.7. The summed E-state index contributed by atoms with van der Waals surface area (Å²) in [5.74, 6) is -8.12. The number of carbonyl (C=O) groups excluding carboxylic acids is 5. The molecule has 3 unspecified atom stereocenters. The van der Waals surface area contributed by atoms with Crippen LogP contribution in [0.25, 0.3) is 0 Å². The molecule has 1 saturated carbocycles. The number of methoxy groups -OCH3 is 3. The minimum Gasteiger partial charge on any atom is -0.460 e. The van der Waals surface area contributed by atoms with Crippen molar-refractivity contribution in [3.05, 3.63) is 47.6 Å². The van der Waals surface area contributed by atoms with Crippen LogP contribution in [-0.4, -0.2) is 173 Å². The third-order valence-electron chi connectivity index (χ3n) is 16.6. The van der Waals surface area contributed by atoms with Crippen LogP contribution in [0.3, 0.4) is 0 Å². The SMILES string of the molecule is CO[C@@H]1/C(C)=C/[C@@H](C)C(=O)C[C@@H]2OC(=O)C3[C@H](CCCN3C(=O)C(=O)[C@]3(O)O[C@@H](CC[C@H]3C)CC(OCCOC3COC3)/C(C)=C/C=C/C=C/[C@@H](C)C[C@@H](C)C(=O)[C@@H]1OC)C2C[C@@H]1CC[C@@H](OCCO)[C@H](OC)C1. The lowest BCUT2D eigenvalue weighted by Crippen LogP contribution is -2.65. The zero-order valence-electron chi connectivity index (χ0n) is 45.5. The topological polar surface area (TPSA) is 212 Å². The first-order chi connectivity index (χ1) is 35.4. The summed E-state index contributed by atoms with van der Waals surface area (Å²) in [4.78, 5) is 73.6. The fourth-order valence-corrected chi connectivity index (χ4v) is 12.2. The highest BCUT2D eigenvalue weighted by Gasteiger charge is 2.57. The van der Waals surface area contributed by atoms with Gasteiger partial charge >= 0.3 is 5.97 Å². The minimum absolute atomic E-state index is 0.0208. The molecule has 0 aromatic carbocycles. The Kier molecular flexibility index (Phi) is 22.8. The van der Waals surface area contributed by atoms with E-state index in [2.05, 4.69) is 0 Å². The van der Waals surface area contributed by atoms with Gasteiger partial charge in [0, 0.05) is 64.4 Å². The Morgan fingerprint density at radius 3 is 2.22 bits per heavy atom. The highest BCUT2D eigenvalue weighted by Crippen LogP contribution is 2.46. The normalized spacial score (nSPS) is 40.1. The van der Waals surface area contributed by atoms with Crippen molar-refractivity contribution >= 4 is 29.2 Å². The summed E-state index contributed by atoms with van der Waals surface area (Å²) < 4.78 is 53.8. The van der Waals surface area contributed by atoms with Gasteiger partial charge in [-0.3, -0.25) is 19.2 Å². The number of aliphatic hydroxyl groups is 2. The average Bonchev–Trinajstić information content (AvgIpc) is 3.37. The number of Topliss-reactive ketones (excluding diaryl/α,β-unsaturated/α-hetero) is 3. The summed E-state index contributed by atoms with van der Waals surface area (Å²) in [5.41, 5.74) is 1.52. The number of ether oxygens (including phenoxy) is 9. The van der Waals surface area contributed by atoms with E-state index in [1.807, 2.05) is 58.1 Å². The van der Waals surface area contributed by atoms with E-state index in [1.165, 1.54) is 19.1 Å². The number of hydrogen-bond donors (Lipinski definition) is 2. The molecule has 74 heavy (non-hydrogen) atoms. The number of amides is 1. The van der Waals surface area contributed by atoms with Crippen LogP contribution >= 0.6 is 0 Å². The van der Waals surface area contributed by atoms with Gasteiger partial charge in [-0.1, -0.05) is 64.2 Å². The van der Waals surface area contributed by atoms with Crippen LogP contribution in [0.15, 0.2) is 47.6 Å². The highest BCUT2D eigenvalue weighted by molar-refractivity contribution is 6.39. The molecule has 416 valence electrons. The second-order valence-electron chi connectivity index (χ2n) is 22.0. The van der Waals surface area contributed by atoms with Gasteiger partial charge in [0.25, 0.3) is 11.7 Å². The van der Waals surface area contributed by atoms with Crippen molar-refractivity contribution in [2.45, 2.75) is 173 Å². The quantitative estimate of drug-likeness (QED) is 0.0958. The molecule has 4 bridgehead atoms. The highest BCUT2D eigenvalue weighted by atomic mass is 16.6. The van der Waals surface area contributed by atoms with Gasteiger partial charge in [-0.25, -0.2) is 4.79 Å². The van der Waals surface area contributed by atoms with Crippen LogP contribution in [0.4, 0.5) is 0 Å². The summed E-state index contributed by atoms with van der Waals surface area (Å²) in [7, 11) is 4.63. The molecule has 0 radical (unpaired) electrons. The van der Waals surface area contributed by atoms with Gasteiger partial charge in [-0.2, -0.15) is 0 Å². The number of allylic oxidation sites excluding steroid dienone is 6. The third-order valence-corrected chi connectivity index (χ3v) is 16.6. The van der Waals surface area contributed by atoms with Crippen molar-refractivity contribution in [3.63, 3.8) is 0 Å². The Morgan fingerprint density at radius 2 is 1.53 bits per heavy atom. The Labute approximate surface area is 439 Å². The summed E-state index contributed by atoms with van der Waals surface area (Å²) in [6, 6.07) is -1.13. The first-order valence-electron chi connectivity index (χ1n) is 27.3. The molecule has 6 rings (SSSR count). The minimum atomic E-state index is -2.47. The molecule has 17 nitrogen and oxygen atoms in total. The van der Waals surface area contributed by atoms with Gasteiger partial charge in [0.2, 0.25) is 5.79 Å². The van der Waals surface area contributed by atoms with E-state index in [-0.39, 0.29) is 92.8 Å². The first-order valence-corrected chi connectivity index (χ1v) is 27.3. The molecule has 16 atom stereocenters. The second-order valence-corrected chi connectivity index (χ2v) is 22.0. The summed E-state index contributed by atoms with van der Waals surface area (Å²) >= 11 is 0. The Balaban J connectivity index is 1.33. The van der Waals surface area contributed by atoms with Crippen molar-refractivity contribution in [2.24, 2.45) is 41.4 Å². The molecular formula is C57H87NO16. The number of aliphatic hydroxyl groups excluding tert-OH is 1. The molecule has 2 N–H and O–H groups in total. The van der Waals surface area contributed by atoms with Crippen LogP contribution in [-0.2, 0) is 66.6 Å². The van der Waals surface area contributed by atoms with Crippen molar-refractivity contribution in [3.8, 4) is 0 Å². The fourth-order valence-electron chi connectivity index (χ4n) is 12.2. The maximum Gasteiger partial charge on any atom is 0.329 e. The second kappa shape index (κ2) is 28.2. The predicted molar refractivity (Wildman–Crippen MR) is 273 cm³/mol. The number of hydrogen-bond acceptors (Lipinski definition) is 16. The Bertz CT molecular complexity index is 2020. The van der Waals surface area contributed by atoms with E-state index < -0.39 is 77.8 Å². The smallest absolute Gasteiger partial charge is 0.329 e. The number of fused-ring (bicyclic) bond motifs is 4. The molecule has 1 aliphatic carbocycles. The van der Waals surface area contributed by atoms with Crippen LogP contribution < -0.4 is 0 Å². The number of esters is 1. The van der Waals surface area contributed by atoms with Crippen LogP contribution in [0, 0.1) is 41.4 Å². The van der Waals surface area contributed by atoms with Crippen molar-refractivity contribution in [1.29, 1.82) is 0 Å². The summed E-state index contributed by atoms with van der Waals surface area (Å²) in [6.45, 7) is 13.0. The van der Waals surface area contributed by atoms with Crippen molar-refractivity contribution in [1.82, 2.24) is 4.90 Å². The molecule has 17 heteroatoms. The maximum atomic E-state index is 14.7. The zero-order valence-corrected chi connectivity index (χ0v) is 45.5. The van der Waals surface area contributed by atoms with Gasteiger partial charge in [0.05, 0.1) is 64.1 Å². The molecule has 5 fully saturated rings. The van der Waals surface area contributed by atoms with E-state index in [1.54, 1.807) is 27.0 Å². The van der Waals surface area contributed by atoms with Gasteiger partial charge in [-0.05, 0) is 101 Å². The lowest BCUT2D eigenvalue weighted by molar-refractivity contribution is -0.266. The largest absolute Gasteiger partial charge is 0.460 e. The molecule has 0 aromatic rings. The molecule has 4 saturated heterocycles. The maximum absolute atomic E-state index is 14.7. The monoisotopic (exact) mass is 1040 g/mol. The summed E-state index contributed by atoms with van der Waals surface area (Å²) in [5, 5.41) is 21.8. The van der Waals surface area contributed by atoms with Gasteiger partial charge in [0.1, 0.15) is 36.2 Å². The fraction of sp³-hybridized carbons (Fsp3) is 0.772. The number of carbonyl (C=O) groups is 5. The van der Waals surface area contributed by atoms with Crippen molar-refractivity contribution < 1.29 is 76.8 Å². The summed E-state index contributed by atoms with van der Waals surface area (Å²) in [6.07, 6.45) is 12.6. The molecule has 6 aliphatic rings. The average molecular weight is 1040 g/mol. The van der Waals surface area contributed by atoms with Crippen LogP contribution in [0.1, 0.15) is 112 Å². The third kappa shape index (κ3) is 15.0. The van der Waals surface area contributed by atoms with E-state index in [9.17, 15) is 34.2 Å². The number of rotatable bonds is 13. The Morgan fingerprint density at radius 1 is 0.784 bits per heavy atom. The van der Waals surface area contributed by atoms with Gasteiger partial charge in [-0.15, -0.1) is 0 Å². The Hall–Kier alpha value is -3.49. The lowest BCUT2D eigenvalue weighted by Gasteiger charge is -2.50. The standard InChI is InChI=1S/C57H87NO16/c1-34-14-11-10-12-15-35(2)47(72-25-24-70-42-32-69-33-42)30-41-19-17-39(6)57(65,74-41)54(62)55(63)58-21-13-16-43-44(28-40-18-20-46(71-23-22-59)49(29-40)66-7)48(73-56(64)50(43)58)31-45(60)36(3)27-38(5)52(67-8)53(68-9)51(61)37(4)26-34/h10-12,14-15,27,34,36-37,39-44,46-50,52-53,59,65H,13,16-26,28-33H2,1-9H3/b12-10+,14-11+,35-15+,38-27+/t34-,36-,37-,39-,40+,41+,43-,44?,46-,47?,48+,49-,50?,52-,53+,57-/m1/s1. The molecule has 5 heterocycles. The number of piperidine rings is 1. The number of nitrogens with zero attached hydrogens (tertiary/aromatic N) is 1. The molecule has 1 amide bonds. The van der Waals surface area contributed by atoms with Crippen molar-refractivity contribution in [2.75, 3.05) is 67.5 Å². The van der Waals surface area contributed by atoms with E-state index in [4.69, 9.17) is 42.6 Å². The van der Waals surface area contributed by atoms with Crippen LogP contribution in [0.2, 0.25) is 0 Å². The van der Waals surface area contributed by atoms with E-state index in [0.717, 1.165) is 12.0 Å². The molecule has 0 spiro atoms. The van der Waals surface area contributed by atoms with Crippen LogP contribution in [0.5, 0.6) is 0 Å². The predicted octanol–water partition coefficient (Wildman–Crippen LogP) is 5.86. The molecular weight excluding hydrogens is 955 g/mol. The van der Waals surface area contributed by atoms with Gasteiger partial charge < -0.3 is 57.7 Å². The first kappa shape index (κ1) is 59.7. The van der Waals surface area contributed by atoms with E-state index >= 15 is 0 Å². The van der Waals surface area contributed by atoms with Gasteiger partial charge in [0.15, 0.2) is 5.78 Å². The molecule has 5 aliphatic heterocycles. The molecule has 0 aromatic heterocycles. The van der Waals surface area contributed by atoms with E-state index in [0.29, 0.717) is 76.8 Å². The number of ketones is 3. The lowest BCUT2D eigenvalue weighted by atomic mass is 9.68.